The lowest BCUT2D eigenvalue weighted by molar-refractivity contribution is -0.142. The SMILES string of the molecule is COC(=O)C(C)NP(=O)(OCC1OC(n2cnc3c(N(N)C4CC4)nc(N)nc32)[C@](C)(O)[C@@H]1O)Oc1ccc(Cl)cc1. The van der Waals surface area contributed by atoms with Crippen LogP contribution in [0.1, 0.15) is 32.9 Å². The van der Waals surface area contributed by atoms with Crippen LogP contribution in [-0.2, 0) is 23.4 Å². The summed E-state index contributed by atoms with van der Waals surface area (Å²) >= 11 is 5.93. The number of ether oxygens (including phenoxy) is 2. The van der Waals surface area contributed by atoms with E-state index in [1.807, 2.05) is 0 Å². The number of rotatable bonds is 11. The van der Waals surface area contributed by atoms with Gasteiger partial charge >= 0.3 is 13.7 Å². The lowest BCUT2D eigenvalue weighted by atomic mass is 9.96. The lowest BCUT2D eigenvalue weighted by Crippen LogP contribution is -2.44. The molecule has 2 fully saturated rings. The van der Waals surface area contributed by atoms with E-state index in [-0.39, 0.29) is 23.4 Å². The first-order valence-corrected chi connectivity index (χ1v) is 14.9. The Kier molecular flexibility index (Phi) is 8.35. The summed E-state index contributed by atoms with van der Waals surface area (Å²) in [6.45, 7) is 2.25. The van der Waals surface area contributed by atoms with E-state index in [9.17, 15) is 19.6 Å². The molecular weight excluding hydrogens is 595 g/mol. The number of nitrogens with zero attached hydrogens (tertiary/aromatic N) is 5. The predicted octanol–water partition coefficient (Wildman–Crippen LogP) is 1.27. The van der Waals surface area contributed by atoms with Crippen LogP contribution in [0, 0.1) is 0 Å². The fourth-order valence-electron chi connectivity index (χ4n) is 4.54. The number of benzene rings is 1. The number of aliphatic hydroxyl groups excluding tert-OH is 1. The zero-order chi connectivity index (χ0) is 30.4. The lowest BCUT2D eigenvalue weighted by Gasteiger charge is -2.27. The number of aromatic nitrogens is 4. The Hall–Kier alpha value is -3.08. The molecule has 1 saturated heterocycles. The van der Waals surface area contributed by atoms with Gasteiger partial charge in [0.15, 0.2) is 23.2 Å². The number of hydrogen-bond donors (Lipinski definition) is 5. The topological polar surface area (TPSA) is 222 Å². The number of hydrogen-bond acceptors (Lipinski definition) is 14. The standard InChI is InChI=1S/C24H32ClN8O8P/c1-12(21(35)38-3)31-42(37,41-15-8-4-13(25)5-9-15)39-10-16-18(34)24(2,36)22(40-16)32-11-28-17-19(32)29-23(26)30-20(17)33(27)14-6-7-14/h4-5,8-9,11-12,14,16,18,22,34,36H,6-7,10,27H2,1-3H3,(H,31,37)(H2,26,29,30)/t12?,16?,18-,22?,24-,42?/m1/s1. The molecule has 3 aromatic rings. The molecule has 0 spiro atoms. The molecule has 1 aromatic carbocycles. The number of carbonyl (C=O) groups excluding carboxylic acids is 1. The van der Waals surface area contributed by atoms with Crippen molar-refractivity contribution in [2.24, 2.45) is 5.84 Å². The van der Waals surface area contributed by atoms with Gasteiger partial charge in [-0.15, -0.1) is 0 Å². The second-order valence-electron chi connectivity index (χ2n) is 10.3. The van der Waals surface area contributed by atoms with E-state index < -0.39 is 50.4 Å². The highest BCUT2D eigenvalue weighted by Gasteiger charge is 2.54. The van der Waals surface area contributed by atoms with E-state index in [1.54, 1.807) is 0 Å². The summed E-state index contributed by atoms with van der Waals surface area (Å²) in [5.74, 6) is 5.88. The van der Waals surface area contributed by atoms with Gasteiger partial charge in [-0.2, -0.15) is 15.1 Å². The average Bonchev–Trinajstić information content (AvgIpc) is 3.68. The number of nitrogen functional groups attached to an aromatic ring is 1. The maximum atomic E-state index is 13.7. The van der Waals surface area contributed by atoms with Gasteiger partial charge in [-0.1, -0.05) is 11.6 Å². The molecule has 0 radical (unpaired) electrons. The summed E-state index contributed by atoms with van der Waals surface area (Å²) in [6, 6.07) is 4.96. The molecule has 2 aromatic heterocycles. The number of anilines is 2. The van der Waals surface area contributed by atoms with Gasteiger partial charge in [-0.05, 0) is 51.0 Å². The van der Waals surface area contributed by atoms with Gasteiger partial charge in [0.1, 0.15) is 29.6 Å². The summed E-state index contributed by atoms with van der Waals surface area (Å²) in [4.78, 5) is 24.9. The summed E-state index contributed by atoms with van der Waals surface area (Å²) in [6.07, 6.45) is -0.800. The summed E-state index contributed by atoms with van der Waals surface area (Å²) in [5.41, 5.74) is 4.61. The van der Waals surface area contributed by atoms with E-state index in [2.05, 4.69) is 20.0 Å². The van der Waals surface area contributed by atoms with Crippen molar-refractivity contribution in [2.75, 3.05) is 24.5 Å². The molecular formula is C24H32ClN8O8P. The minimum atomic E-state index is -4.29. The van der Waals surface area contributed by atoms with Crippen LogP contribution in [-0.4, -0.2) is 79.3 Å². The van der Waals surface area contributed by atoms with E-state index in [4.69, 9.17) is 41.7 Å². The highest BCUT2D eigenvalue weighted by atomic mass is 35.5. The zero-order valence-corrected chi connectivity index (χ0v) is 24.6. The van der Waals surface area contributed by atoms with Crippen LogP contribution in [0.2, 0.25) is 5.02 Å². The van der Waals surface area contributed by atoms with Gasteiger partial charge in [-0.25, -0.2) is 15.4 Å². The Morgan fingerprint density at radius 3 is 2.69 bits per heavy atom. The molecule has 18 heteroatoms. The highest BCUT2D eigenvalue weighted by molar-refractivity contribution is 7.52. The number of fused-ring (bicyclic) bond motifs is 1. The second-order valence-corrected chi connectivity index (χ2v) is 12.4. The fraction of sp³-hybridized carbons (Fsp3) is 0.500. The maximum absolute atomic E-state index is 13.7. The van der Waals surface area contributed by atoms with Crippen molar-refractivity contribution in [1.29, 1.82) is 0 Å². The smallest absolute Gasteiger partial charge is 0.459 e. The molecule has 228 valence electrons. The number of imidazole rings is 1. The molecule has 6 atom stereocenters. The van der Waals surface area contributed by atoms with Gasteiger partial charge in [0.2, 0.25) is 5.95 Å². The molecule has 1 aliphatic heterocycles. The molecule has 4 unspecified atom stereocenters. The fourth-order valence-corrected chi connectivity index (χ4v) is 6.16. The van der Waals surface area contributed by atoms with Gasteiger partial charge in [0, 0.05) is 11.1 Å². The van der Waals surface area contributed by atoms with Crippen LogP contribution in [0.4, 0.5) is 11.8 Å². The largest absolute Gasteiger partial charge is 0.468 e. The van der Waals surface area contributed by atoms with E-state index in [0.29, 0.717) is 16.4 Å². The van der Waals surface area contributed by atoms with Gasteiger partial charge < -0.3 is 29.9 Å². The van der Waals surface area contributed by atoms with Gasteiger partial charge in [0.05, 0.1) is 20.0 Å². The van der Waals surface area contributed by atoms with Crippen LogP contribution < -0.4 is 26.2 Å². The minimum absolute atomic E-state index is 0.0699. The van der Waals surface area contributed by atoms with E-state index in [1.165, 1.54) is 61.1 Å². The molecule has 2 aliphatic rings. The number of aliphatic hydroxyl groups is 2. The molecule has 1 saturated carbocycles. The van der Waals surface area contributed by atoms with E-state index >= 15 is 0 Å². The van der Waals surface area contributed by atoms with Crippen molar-refractivity contribution >= 4 is 48.2 Å². The first-order chi connectivity index (χ1) is 19.8. The highest BCUT2D eigenvalue weighted by Crippen LogP contribution is 2.47. The number of hydrazine groups is 1. The minimum Gasteiger partial charge on any atom is -0.468 e. The molecule has 3 heterocycles. The van der Waals surface area contributed by atoms with Crippen LogP contribution in [0.3, 0.4) is 0 Å². The molecule has 5 rings (SSSR count). The number of halogens is 1. The summed E-state index contributed by atoms with van der Waals surface area (Å²) in [7, 11) is -3.11. The average molecular weight is 627 g/mol. The number of esters is 1. The molecule has 1 aliphatic carbocycles. The second kappa shape index (κ2) is 11.5. The molecule has 0 bridgehead atoms. The number of methoxy groups -OCH3 is 1. The third-order valence-electron chi connectivity index (χ3n) is 6.97. The van der Waals surface area contributed by atoms with Crippen LogP contribution in [0.5, 0.6) is 5.75 Å². The molecule has 42 heavy (non-hydrogen) atoms. The third kappa shape index (κ3) is 6.02. The Balaban J connectivity index is 1.38. The summed E-state index contributed by atoms with van der Waals surface area (Å²) < 4.78 is 37.1. The van der Waals surface area contributed by atoms with Crippen molar-refractivity contribution in [1.82, 2.24) is 24.6 Å². The van der Waals surface area contributed by atoms with Crippen molar-refractivity contribution < 1.29 is 38.1 Å². The molecule has 0 amide bonds. The quantitative estimate of drug-likeness (QED) is 0.0874. The first kappa shape index (κ1) is 30.4. The molecule has 7 N–H and O–H groups in total. The van der Waals surface area contributed by atoms with Crippen LogP contribution >= 0.6 is 19.3 Å². The van der Waals surface area contributed by atoms with Crippen molar-refractivity contribution in [3.05, 3.63) is 35.6 Å². The van der Waals surface area contributed by atoms with Crippen molar-refractivity contribution in [3.8, 4) is 5.75 Å². The Bertz CT molecular complexity index is 1500. The third-order valence-corrected chi connectivity index (χ3v) is 8.86. The first-order valence-electron chi connectivity index (χ1n) is 13.0. The van der Waals surface area contributed by atoms with Crippen molar-refractivity contribution in [3.63, 3.8) is 0 Å². The zero-order valence-electron chi connectivity index (χ0n) is 23.0. The van der Waals surface area contributed by atoms with Gasteiger partial charge in [-0.3, -0.25) is 18.9 Å². The Morgan fingerprint density at radius 2 is 2.05 bits per heavy atom. The summed E-state index contributed by atoms with van der Waals surface area (Å²) in [5, 5.41) is 26.8. The van der Waals surface area contributed by atoms with Crippen molar-refractivity contribution in [2.45, 2.75) is 62.8 Å². The number of carbonyl (C=O) groups is 1. The van der Waals surface area contributed by atoms with E-state index in [0.717, 1.165) is 12.8 Å². The number of nitrogens with one attached hydrogen (secondary N) is 1. The van der Waals surface area contributed by atoms with Crippen LogP contribution in [0.25, 0.3) is 11.2 Å². The van der Waals surface area contributed by atoms with Crippen LogP contribution in [0.15, 0.2) is 30.6 Å². The molecule has 16 nitrogen and oxygen atoms in total. The Labute approximate surface area is 245 Å². The monoisotopic (exact) mass is 626 g/mol. The Morgan fingerprint density at radius 1 is 1.36 bits per heavy atom. The predicted molar refractivity (Wildman–Crippen MR) is 150 cm³/mol. The number of nitrogens with two attached hydrogens (primary N) is 2. The maximum Gasteiger partial charge on any atom is 0.459 e. The normalized spacial score (nSPS) is 26.1. The van der Waals surface area contributed by atoms with Gasteiger partial charge in [0.25, 0.3) is 0 Å².